The summed E-state index contributed by atoms with van der Waals surface area (Å²) >= 11 is 6.84. The Morgan fingerprint density at radius 2 is 1.53 bits per heavy atom. The molecule has 0 aliphatic heterocycles. The summed E-state index contributed by atoms with van der Waals surface area (Å²) in [5, 5.41) is 0. The fourth-order valence-electron chi connectivity index (χ4n) is 1.93. The standard InChI is InChI=1S/C16H14OS2/c1-19-16(18)14(12-8-4-2-5-9-12)15(17)13-10-6-3-7-11-13/h2-11,14H,1H3. The lowest BCUT2D eigenvalue weighted by molar-refractivity contribution is 0.0984. The van der Waals surface area contributed by atoms with Crippen LogP contribution in [0.4, 0.5) is 0 Å². The van der Waals surface area contributed by atoms with Crippen LogP contribution in [0, 0.1) is 0 Å². The van der Waals surface area contributed by atoms with Gasteiger partial charge < -0.3 is 0 Å². The van der Waals surface area contributed by atoms with Gasteiger partial charge in [-0.3, -0.25) is 4.79 Å². The largest absolute Gasteiger partial charge is 0.293 e. The second-order valence-electron chi connectivity index (χ2n) is 4.10. The molecule has 0 fully saturated rings. The minimum atomic E-state index is -0.353. The molecule has 0 saturated heterocycles. The maximum atomic E-state index is 12.6. The van der Waals surface area contributed by atoms with E-state index < -0.39 is 0 Å². The van der Waals surface area contributed by atoms with Crippen molar-refractivity contribution in [1.82, 2.24) is 0 Å². The molecule has 0 aliphatic carbocycles. The van der Waals surface area contributed by atoms with E-state index in [0.717, 1.165) is 5.56 Å². The van der Waals surface area contributed by atoms with E-state index in [9.17, 15) is 4.79 Å². The maximum absolute atomic E-state index is 12.6. The molecule has 0 aliphatic rings. The smallest absolute Gasteiger partial charge is 0.176 e. The van der Waals surface area contributed by atoms with Gasteiger partial charge in [-0.2, -0.15) is 0 Å². The summed E-state index contributed by atoms with van der Waals surface area (Å²) in [5.41, 5.74) is 1.66. The van der Waals surface area contributed by atoms with Gasteiger partial charge in [0.25, 0.3) is 0 Å². The third-order valence-corrected chi connectivity index (χ3v) is 4.26. The van der Waals surface area contributed by atoms with Crippen molar-refractivity contribution in [2.75, 3.05) is 6.26 Å². The zero-order valence-electron chi connectivity index (χ0n) is 10.6. The van der Waals surface area contributed by atoms with E-state index in [4.69, 9.17) is 12.2 Å². The van der Waals surface area contributed by atoms with Gasteiger partial charge in [0.2, 0.25) is 0 Å². The summed E-state index contributed by atoms with van der Waals surface area (Å²) in [4.78, 5) is 12.6. The maximum Gasteiger partial charge on any atom is 0.176 e. The predicted octanol–water partition coefficient (Wildman–Crippen LogP) is 4.34. The molecule has 0 bridgehead atoms. The summed E-state index contributed by atoms with van der Waals surface area (Å²) in [6, 6.07) is 19.0. The van der Waals surface area contributed by atoms with E-state index in [1.807, 2.05) is 66.9 Å². The van der Waals surface area contributed by atoms with Crippen LogP contribution < -0.4 is 0 Å². The Morgan fingerprint density at radius 3 is 2.05 bits per heavy atom. The van der Waals surface area contributed by atoms with Crippen LogP contribution in [0.3, 0.4) is 0 Å². The van der Waals surface area contributed by atoms with Crippen molar-refractivity contribution in [2.45, 2.75) is 5.92 Å². The van der Waals surface area contributed by atoms with Gasteiger partial charge in [0.05, 0.1) is 10.1 Å². The number of carbonyl (C=O) groups is 1. The molecule has 19 heavy (non-hydrogen) atoms. The lowest BCUT2D eigenvalue weighted by Crippen LogP contribution is -2.18. The minimum Gasteiger partial charge on any atom is -0.293 e. The molecule has 0 amide bonds. The Balaban J connectivity index is 2.40. The summed E-state index contributed by atoms with van der Waals surface area (Å²) in [5.74, 6) is -0.292. The van der Waals surface area contributed by atoms with Crippen molar-refractivity contribution in [3.63, 3.8) is 0 Å². The van der Waals surface area contributed by atoms with Gasteiger partial charge in [0, 0.05) is 5.56 Å². The van der Waals surface area contributed by atoms with Gasteiger partial charge in [-0.25, -0.2) is 0 Å². The monoisotopic (exact) mass is 286 g/mol. The first-order valence-electron chi connectivity index (χ1n) is 5.96. The van der Waals surface area contributed by atoms with Crippen molar-refractivity contribution in [1.29, 1.82) is 0 Å². The number of hydrogen-bond donors (Lipinski definition) is 0. The Morgan fingerprint density at radius 1 is 1.00 bits per heavy atom. The SMILES string of the molecule is CSC(=S)C(C(=O)c1ccccc1)c1ccccc1. The van der Waals surface area contributed by atoms with Gasteiger partial charge in [0.15, 0.2) is 5.78 Å². The van der Waals surface area contributed by atoms with Crippen molar-refractivity contribution in [3.8, 4) is 0 Å². The molecule has 96 valence electrons. The molecular weight excluding hydrogens is 272 g/mol. The van der Waals surface area contributed by atoms with Crippen LogP contribution in [-0.4, -0.2) is 16.2 Å². The lowest BCUT2D eigenvalue weighted by Gasteiger charge is -2.16. The number of carbonyl (C=O) groups excluding carboxylic acids is 1. The Labute approximate surface area is 123 Å². The molecule has 0 heterocycles. The van der Waals surface area contributed by atoms with E-state index in [1.165, 1.54) is 11.8 Å². The Bertz CT molecular complexity index is 564. The average Bonchev–Trinajstić information content (AvgIpc) is 2.49. The van der Waals surface area contributed by atoms with Gasteiger partial charge in [-0.05, 0) is 11.8 Å². The number of Topliss-reactive ketones (excluding diaryl/α,β-unsaturated/α-hetero) is 1. The fraction of sp³-hybridized carbons (Fsp3) is 0.125. The third-order valence-electron chi connectivity index (χ3n) is 2.89. The molecule has 1 atom stereocenters. The fourth-order valence-corrected chi connectivity index (χ4v) is 2.65. The van der Waals surface area contributed by atoms with Crippen LogP contribution in [0.1, 0.15) is 21.8 Å². The molecule has 0 N–H and O–H groups in total. The molecule has 0 saturated carbocycles. The molecule has 1 unspecified atom stereocenters. The van der Waals surface area contributed by atoms with Crippen LogP contribution in [0.25, 0.3) is 0 Å². The number of thioether (sulfide) groups is 1. The quantitative estimate of drug-likeness (QED) is 0.614. The molecule has 2 rings (SSSR count). The van der Waals surface area contributed by atoms with Crippen molar-refractivity contribution < 1.29 is 4.79 Å². The highest BCUT2D eigenvalue weighted by molar-refractivity contribution is 8.22. The van der Waals surface area contributed by atoms with E-state index in [-0.39, 0.29) is 11.7 Å². The van der Waals surface area contributed by atoms with Crippen LogP contribution in [0.15, 0.2) is 60.7 Å². The third kappa shape index (κ3) is 3.31. The van der Waals surface area contributed by atoms with Crippen LogP contribution >= 0.6 is 24.0 Å². The number of hydrogen-bond acceptors (Lipinski definition) is 3. The molecule has 1 nitrogen and oxygen atoms in total. The summed E-state index contributed by atoms with van der Waals surface area (Å²) < 4.78 is 0.708. The number of ketones is 1. The summed E-state index contributed by atoms with van der Waals surface area (Å²) in [7, 11) is 0. The molecule has 0 radical (unpaired) electrons. The van der Waals surface area contributed by atoms with Crippen LogP contribution in [0.2, 0.25) is 0 Å². The van der Waals surface area contributed by atoms with Gasteiger partial charge >= 0.3 is 0 Å². The molecule has 0 aromatic heterocycles. The second-order valence-corrected chi connectivity index (χ2v) is 5.64. The van der Waals surface area contributed by atoms with Gasteiger partial charge in [-0.15, -0.1) is 11.8 Å². The highest BCUT2D eigenvalue weighted by atomic mass is 32.2. The van der Waals surface area contributed by atoms with Crippen molar-refractivity contribution in [3.05, 3.63) is 71.8 Å². The van der Waals surface area contributed by atoms with Crippen LogP contribution in [-0.2, 0) is 0 Å². The first kappa shape index (κ1) is 14.0. The minimum absolute atomic E-state index is 0.0613. The summed E-state index contributed by atoms with van der Waals surface area (Å²) in [6.45, 7) is 0. The van der Waals surface area contributed by atoms with Crippen LogP contribution in [0.5, 0.6) is 0 Å². The zero-order valence-corrected chi connectivity index (χ0v) is 12.2. The molecular formula is C16H14OS2. The van der Waals surface area contributed by atoms with E-state index in [1.54, 1.807) is 0 Å². The normalized spacial score (nSPS) is 11.8. The topological polar surface area (TPSA) is 17.1 Å². The van der Waals surface area contributed by atoms with Gasteiger partial charge in [0.1, 0.15) is 0 Å². The van der Waals surface area contributed by atoms with Crippen molar-refractivity contribution in [2.24, 2.45) is 0 Å². The number of thiocarbonyl (C=S) groups is 1. The predicted molar refractivity (Wildman–Crippen MR) is 86.1 cm³/mol. The first-order chi connectivity index (χ1) is 9.24. The highest BCUT2D eigenvalue weighted by Gasteiger charge is 2.25. The van der Waals surface area contributed by atoms with E-state index >= 15 is 0 Å². The highest BCUT2D eigenvalue weighted by Crippen LogP contribution is 2.27. The first-order valence-corrected chi connectivity index (χ1v) is 7.59. The molecule has 0 spiro atoms. The zero-order chi connectivity index (χ0) is 13.7. The number of benzene rings is 2. The molecule has 2 aromatic carbocycles. The van der Waals surface area contributed by atoms with E-state index in [0.29, 0.717) is 9.76 Å². The van der Waals surface area contributed by atoms with Gasteiger partial charge in [-0.1, -0.05) is 72.9 Å². The summed E-state index contributed by atoms with van der Waals surface area (Å²) in [6.07, 6.45) is 1.91. The van der Waals surface area contributed by atoms with Crippen molar-refractivity contribution >= 4 is 34.0 Å². The van der Waals surface area contributed by atoms with E-state index in [2.05, 4.69) is 0 Å². The lowest BCUT2D eigenvalue weighted by atomic mass is 9.92. The molecule has 2 aromatic rings. The Kier molecular flexibility index (Phi) is 4.88. The Hall–Kier alpha value is -1.45. The second kappa shape index (κ2) is 6.64. The number of rotatable bonds is 4. The molecule has 3 heteroatoms. The average molecular weight is 286 g/mol.